The molecule has 1 rings (SSSR count). The lowest BCUT2D eigenvalue weighted by Crippen LogP contribution is -2.45. The van der Waals surface area contributed by atoms with Crippen LogP contribution in [-0.4, -0.2) is 38.0 Å². The molecule has 3 N–H and O–H groups in total. The number of carbonyl (C=O) groups excluding carboxylic acids is 2. The van der Waals surface area contributed by atoms with E-state index in [2.05, 4.69) is 31.9 Å². The highest BCUT2D eigenvalue weighted by Crippen LogP contribution is 2.21. The van der Waals surface area contributed by atoms with Crippen molar-refractivity contribution >= 4 is 51.5 Å². The van der Waals surface area contributed by atoms with Crippen LogP contribution in [0.25, 0.3) is 0 Å². The monoisotopic (exact) mass is 369 g/mol. The smallest absolute Gasteiger partial charge is 0.262 e. The summed E-state index contributed by atoms with van der Waals surface area (Å²) in [7, 11) is 1.81. The second-order valence-corrected chi connectivity index (χ2v) is 6.16. The molecule has 108 valence electrons. The molecule has 0 fully saturated rings. The summed E-state index contributed by atoms with van der Waals surface area (Å²) < 4.78 is 0.888. The molecule has 1 atom stereocenters. The van der Waals surface area contributed by atoms with Crippen LogP contribution in [0.4, 0.5) is 0 Å². The van der Waals surface area contributed by atoms with Gasteiger partial charge in [0.25, 0.3) is 5.91 Å². The highest BCUT2D eigenvalue weighted by atomic mass is 79.9. The number of carbonyl (C=O) groups is 2. The maximum atomic E-state index is 11.8. The molecule has 0 aliphatic rings. The normalized spacial score (nSPS) is 11.3. The van der Waals surface area contributed by atoms with Crippen molar-refractivity contribution in [3.05, 3.63) is 20.8 Å². The van der Waals surface area contributed by atoms with Gasteiger partial charge in [-0.25, -0.2) is 0 Å². The van der Waals surface area contributed by atoms with Gasteiger partial charge in [-0.15, -0.1) is 23.7 Å². The van der Waals surface area contributed by atoms with Gasteiger partial charge in [-0.1, -0.05) is 0 Å². The standard InChI is InChI=1S/C11H16BrN3O2S.ClH/c1-7(10(16)14-6-5-13-2)15-11(17)8-3-4-9(12)18-8;/h3-4,7,13H,5-6H2,1-2H3,(H,14,16)(H,15,17);1H. The Hall–Kier alpha value is -0.630. The summed E-state index contributed by atoms with van der Waals surface area (Å²) in [5.41, 5.74) is 0. The van der Waals surface area contributed by atoms with Crippen LogP contribution in [0.2, 0.25) is 0 Å². The first-order valence-corrected chi connectivity index (χ1v) is 7.14. The second kappa shape index (κ2) is 9.30. The van der Waals surface area contributed by atoms with E-state index < -0.39 is 6.04 Å². The third kappa shape index (κ3) is 6.38. The zero-order valence-corrected chi connectivity index (χ0v) is 13.9. The molecule has 0 spiro atoms. The number of likely N-dealkylation sites (N-methyl/N-ethyl adjacent to an activating group) is 1. The molecule has 0 aromatic carbocycles. The molecule has 0 aliphatic heterocycles. The van der Waals surface area contributed by atoms with E-state index in [1.807, 2.05) is 7.05 Å². The Bertz CT molecular complexity index is 428. The average Bonchev–Trinajstić information content (AvgIpc) is 2.76. The van der Waals surface area contributed by atoms with Crippen molar-refractivity contribution in [2.24, 2.45) is 0 Å². The van der Waals surface area contributed by atoms with Gasteiger partial charge in [0.1, 0.15) is 6.04 Å². The topological polar surface area (TPSA) is 70.2 Å². The molecule has 1 heterocycles. The summed E-state index contributed by atoms with van der Waals surface area (Å²) in [5, 5.41) is 8.30. The minimum Gasteiger partial charge on any atom is -0.353 e. The van der Waals surface area contributed by atoms with Gasteiger partial charge in [-0.2, -0.15) is 0 Å². The van der Waals surface area contributed by atoms with E-state index in [1.54, 1.807) is 19.1 Å². The van der Waals surface area contributed by atoms with Crippen LogP contribution in [0.15, 0.2) is 15.9 Å². The maximum absolute atomic E-state index is 11.8. The van der Waals surface area contributed by atoms with Gasteiger partial charge in [-0.05, 0) is 42.0 Å². The Kier molecular flexibility index (Phi) is 8.99. The van der Waals surface area contributed by atoms with Crippen molar-refractivity contribution in [2.75, 3.05) is 20.1 Å². The van der Waals surface area contributed by atoms with E-state index in [1.165, 1.54) is 11.3 Å². The van der Waals surface area contributed by atoms with Gasteiger partial charge in [0, 0.05) is 13.1 Å². The first-order valence-electron chi connectivity index (χ1n) is 5.53. The van der Waals surface area contributed by atoms with E-state index in [0.717, 1.165) is 3.79 Å². The van der Waals surface area contributed by atoms with Crippen molar-refractivity contribution < 1.29 is 9.59 Å². The Balaban J connectivity index is 0.00000324. The molecule has 1 aromatic heterocycles. The van der Waals surface area contributed by atoms with Crippen molar-refractivity contribution in [1.29, 1.82) is 0 Å². The van der Waals surface area contributed by atoms with Crippen LogP contribution in [0.3, 0.4) is 0 Å². The van der Waals surface area contributed by atoms with Gasteiger partial charge in [-0.3, -0.25) is 9.59 Å². The average molecular weight is 371 g/mol. The molecule has 0 bridgehead atoms. The molecular formula is C11H17BrClN3O2S. The van der Waals surface area contributed by atoms with Crippen molar-refractivity contribution in [3.63, 3.8) is 0 Å². The molecule has 8 heteroatoms. The van der Waals surface area contributed by atoms with Gasteiger partial charge in [0.15, 0.2) is 0 Å². The molecule has 0 saturated heterocycles. The van der Waals surface area contributed by atoms with E-state index in [0.29, 0.717) is 18.0 Å². The Morgan fingerprint density at radius 1 is 1.37 bits per heavy atom. The fourth-order valence-corrected chi connectivity index (χ4v) is 2.52. The quantitative estimate of drug-likeness (QED) is 0.663. The molecule has 0 aliphatic carbocycles. The Morgan fingerprint density at radius 3 is 2.58 bits per heavy atom. The van der Waals surface area contributed by atoms with Gasteiger partial charge in [0.05, 0.1) is 8.66 Å². The highest BCUT2D eigenvalue weighted by molar-refractivity contribution is 9.11. The van der Waals surface area contributed by atoms with Gasteiger partial charge in [0.2, 0.25) is 5.91 Å². The predicted octanol–water partition coefficient (Wildman–Crippen LogP) is 1.39. The third-order valence-electron chi connectivity index (χ3n) is 2.21. The summed E-state index contributed by atoms with van der Waals surface area (Å²) in [4.78, 5) is 24.0. The fourth-order valence-electron chi connectivity index (χ4n) is 1.23. The predicted molar refractivity (Wildman–Crippen MR) is 83.1 cm³/mol. The molecule has 0 radical (unpaired) electrons. The minimum atomic E-state index is -0.546. The molecule has 1 aromatic rings. The lowest BCUT2D eigenvalue weighted by molar-refractivity contribution is -0.122. The van der Waals surface area contributed by atoms with Crippen molar-refractivity contribution in [1.82, 2.24) is 16.0 Å². The van der Waals surface area contributed by atoms with Crippen LogP contribution in [-0.2, 0) is 4.79 Å². The van der Waals surface area contributed by atoms with Crippen LogP contribution >= 0.6 is 39.7 Å². The largest absolute Gasteiger partial charge is 0.353 e. The number of hydrogen-bond donors (Lipinski definition) is 3. The highest BCUT2D eigenvalue weighted by Gasteiger charge is 2.16. The summed E-state index contributed by atoms with van der Waals surface area (Å²) in [6.07, 6.45) is 0. The Labute approximate surface area is 131 Å². The summed E-state index contributed by atoms with van der Waals surface area (Å²) in [6, 6.07) is 2.97. The number of rotatable bonds is 6. The van der Waals surface area contributed by atoms with E-state index in [-0.39, 0.29) is 24.2 Å². The van der Waals surface area contributed by atoms with E-state index in [9.17, 15) is 9.59 Å². The maximum Gasteiger partial charge on any atom is 0.262 e. The van der Waals surface area contributed by atoms with E-state index >= 15 is 0 Å². The Morgan fingerprint density at radius 2 is 2.05 bits per heavy atom. The number of thiophene rings is 1. The van der Waals surface area contributed by atoms with Crippen LogP contribution in [0.5, 0.6) is 0 Å². The number of hydrogen-bond acceptors (Lipinski definition) is 4. The molecule has 2 amide bonds. The summed E-state index contributed by atoms with van der Waals surface area (Å²) >= 11 is 4.62. The van der Waals surface area contributed by atoms with Crippen LogP contribution in [0.1, 0.15) is 16.6 Å². The zero-order valence-electron chi connectivity index (χ0n) is 10.7. The molecule has 0 saturated carbocycles. The second-order valence-electron chi connectivity index (χ2n) is 3.69. The van der Waals surface area contributed by atoms with Crippen molar-refractivity contribution in [2.45, 2.75) is 13.0 Å². The number of halogens is 2. The van der Waals surface area contributed by atoms with Gasteiger partial charge >= 0.3 is 0 Å². The minimum absolute atomic E-state index is 0. The SMILES string of the molecule is CNCCNC(=O)C(C)NC(=O)c1ccc(Br)s1.Cl. The lowest BCUT2D eigenvalue weighted by atomic mass is 10.3. The summed E-state index contributed by atoms with van der Waals surface area (Å²) in [6.45, 7) is 2.90. The molecule has 5 nitrogen and oxygen atoms in total. The van der Waals surface area contributed by atoms with Crippen LogP contribution < -0.4 is 16.0 Å². The zero-order chi connectivity index (χ0) is 13.5. The first-order chi connectivity index (χ1) is 8.54. The fraction of sp³-hybridized carbons (Fsp3) is 0.455. The van der Waals surface area contributed by atoms with Gasteiger partial charge < -0.3 is 16.0 Å². The third-order valence-corrected chi connectivity index (χ3v) is 3.83. The number of amides is 2. The van der Waals surface area contributed by atoms with Crippen molar-refractivity contribution in [3.8, 4) is 0 Å². The first kappa shape index (κ1) is 18.4. The lowest BCUT2D eigenvalue weighted by Gasteiger charge is -2.13. The van der Waals surface area contributed by atoms with E-state index in [4.69, 9.17) is 0 Å². The molecular weight excluding hydrogens is 354 g/mol. The molecule has 1 unspecified atom stereocenters. The summed E-state index contributed by atoms with van der Waals surface area (Å²) in [5.74, 6) is -0.420. The number of nitrogens with one attached hydrogen (secondary N) is 3. The molecule has 19 heavy (non-hydrogen) atoms. The van der Waals surface area contributed by atoms with Crippen LogP contribution in [0, 0.1) is 0 Å².